The molecule has 3 heterocycles. The second-order valence-electron chi connectivity index (χ2n) is 17.0. The van der Waals surface area contributed by atoms with Gasteiger partial charge in [0.15, 0.2) is 0 Å². The molecule has 3 aliphatic rings. The second-order valence-corrected chi connectivity index (χ2v) is 20.3. The third-order valence-corrected chi connectivity index (χ3v) is 15.0. The highest BCUT2D eigenvalue weighted by Gasteiger charge is 2.37. The van der Waals surface area contributed by atoms with Gasteiger partial charge in [0, 0.05) is 97.4 Å². The molecule has 0 spiro atoms. The molecule has 8 rings (SSSR count). The van der Waals surface area contributed by atoms with E-state index in [9.17, 15) is 18.4 Å². The summed E-state index contributed by atoms with van der Waals surface area (Å²) in [5.41, 5.74) is 9.12. The minimum Gasteiger partial charge on any atom is -0.380 e. The average Bonchev–Trinajstić information content (AvgIpc) is 3.92. The lowest BCUT2D eigenvalue weighted by molar-refractivity contribution is 0.0981. The van der Waals surface area contributed by atoms with Crippen molar-refractivity contribution in [3.63, 3.8) is 0 Å². The van der Waals surface area contributed by atoms with E-state index in [1.807, 2.05) is 56.6 Å². The van der Waals surface area contributed by atoms with Crippen LogP contribution >= 0.6 is 23.4 Å². The number of amides is 1. The molecule has 2 unspecified atom stereocenters. The van der Waals surface area contributed by atoms with Gasteiger partial charge in [0.1, 0.15) is 0 Å². The van der Waals surface area contributed by atoms with E-state index in [1.54, 1.807) is 30.0 Å². The Labute approximate surface area is 381 Å². The summed E-state index contributed by atoms with van der Waals surface area (Å²) < 4.78 is 29.2. The SMILES string of the molecule is CN(C)CCC(CSc1ccccc1)Nc1ccc(S(=O)(=O)NC(=O)c2ccc(N3CCN(Cc4cc(CN5CC6C[C@@H]5CN6)ccc4-c4ccc(Cl)cc4)CC3)cc2)cc1NO. The molecule has 12 nitrogen and oxygen atoms in total. The maximum Gasteiger partial charge on any atom is 0.264 e. The third-order valence-electron chi connectivity index (χ3n) is 12.3. The zero-order valence-electron chi connectivity index (χ0n) is 35.8. The molecule has 1 amide bonds. The number of thioether (sulfide) groups is 1. The quantitative estimate of drug-likeness (QED) is 0.0446. The van der Waals surface area contributed by atoms with Crippen molar-refractivity contribution in [1.29, 1.82) is 0 Å². The van der Waals surface area contributed by atoms with Crippen molar-refractivity contribution in [2.24, 2.45) is 0 Å². The number of anilines is 3. The van der Waals surface area contributed by atoms with Crippen LogP contribution in [0.5, 0.6) is 0 Å². The number of hydrogen-bond acceptors (Lipinski definition) is 12. The molecule has 5 aromatic carbocycles. The Balaban J connectivity index is 0.871. The molecule has 3 fully saturated rings. The molecule has 3 saturated heterocycles. The van der Waals surface area contributed by atoms with Gasteiger partial charge in [0.25, 0.3) is 15.9 Å². The van der Waals surface area contributed by atoms with Crippen LogP contribution in [0.2, 0.25) is 5.02 Å². The summed E-state index contributed by atoms with van der Waals surface area (Å²) in [6.45, 7) is 8.19. The lowest BCUT2D eigenvalue weighted by Gasteiger charge is -2.36. The van der Waals surface area contributed by atoms with Crippen molar-refractivity contribution in [1.82, 2.24) is 24.7 Å². The highest BCUT2D eigenvalue weighted by molar-refractivity contribution is 7.99. The van der Waals surface area contributed by atoms with E-state index in [2.05, 4.69) is 82.9 Å². The van der Waals surface area contributed by atoms with Gasteiger partial charge in [-0.05, 0) is 122 Å². The molecule has 0 radical (unpaired) electrons. The van der Waals surface area contributed by atoms with Crippen molar-refractivity contribution in [3.8, 4) is 11.1 Å². The lowest BCUT2D eigenvalue weighted by atomic mass is 9.96. The monoisotopic (exact) mass is 908 g/mol. The van der Waals surface area contributed by atoms with Crippen molar-refractivity contribution >= 4 is 56.4 Å². The molecule has 5 aromatic rings. The van der Waals surface area contributed by atoms with E-state index in [4.69, 9.17) is 11.6 Å². The molecule has 0 aromatic heterocycles. The Morgan fingerprint density at radius 2 is 1.67 bits per heavy atom. The van der Waals surface area contributed by atoms with Gasteiger partial charge in [-0.3, -0.25) is 25.3 Å². The second kappa shape index (κ2) is 20.5. The van der Waals surface area contributed by atoms with E-state index in [0.717, 1.165) is 92.2 Å². The predicted molar refractivity (Wildman–Crippen MR) is 256 cm³/mol. The van der Waals surface area contributed by atoms with Gasteiger partial charge in [-0.15, -0.1) is 11.8 Å². The summed E-state index contributed by atoms with van der Waals surface area (Å²) in [5.74, 6) is 0.0227. The zero-order chi connectivity index (χ0) is 43.9. The van der Waals surface area contributed by atoms with Gasteiger partial charge in [0.2, 0.25) is 0 Å². The van der Waals surface area contributed by atoms with E-state index in [1.165, 1.54) is 35.2 Å². The molecule has 63 heavy (non-hydrogen) atoms. The molecule has 2 bridgehead atoms. The number of fused-ring (bicyclic) bond motifs is 2. The Bertz CT molecular complexity index is 2440. The number of hydrogen-bond donors (Lipinski definition) is 5. The van der Waals surface area contributed by atoms with Crippen LogP contribution in [-0.4, -0.2) is 118 Å². The number of piperazine rings is 2. The first-order valence-electron chi connectivity index (χ1n) is 21.6. The minimum atomic E-state index is -4.27. The van der Waals surface area contributed by atoms with Crippen molar-refractivity contribution in [2.75, 3.05) is 81.4 Å². The fraction of sp³-hybridized carbons (Fsp3) is 0.354. The first-order valence-corrected chi connectivity index (χ1v) is 24.5. The summed E-state index contributed by atoms with van der Waals surface area (Å²) in [4.78, 5) is 23.8. The summed E-state index contributed by atoms with van der Waals surface area (Å²) in [7, 11) is -0.232. The largest absolute Gasteiger partial charge is 0.380 e. The number of nitrogens with zero attached hydrogens (tertiary/aromatic N) is 4. The molecule has 332 valence electrons. The molecular formula is C48H57ClN8O4S2. The lowest BCUT2D eigenvalue weighted by Crippen LogP contribution is -2.46. The zero-order valence-corrected chi connectivity index (χ0v) is 38.2. The van der Waals surface area contributed by atoms with Crippen LogP contribution in [-0.2, 0) is 23.1 Å². The normalized spacial score (nSPS) is 18.5. The number of benzene rings is 5. The number of likely N-dealkylation sites (tertiary alicyclic amines) is 1. The Morgan fingerprint density at radius 1 is 0.905 bits per heavy atom. The summed E-state index contributed by atoms with van der Waals surface area (Å²) in [6.07, 6.45) is 2.06. The summed E-state index contributed by atoms with van der Waals surface area (Å²) in [6, 6.07) is 37.8. The fourth-order valence-corrected chi connectivity index (χ4v) is 10.9. The van der Waals surface area contributed by atoms with Gasteiger partial charge < -0.3 is 20.4 Å². The Morgan fingerprint density at radius 3 is 2.35 bits per heavy atom. The standard InChI is InChI=1S/C48H57ClN8O4S2/c1-54(2)21-20-39(33-62-43-6-4-3-5-7-43)51-46-19-17-44(28-47(46)52-59)63(60,61)53-48(58)36-11-15-41(16-12-36)56-24-22-55(23-25-56)31-37-26-34(30-57-32-40-27-42(57)29-50-40)8-18-45(37)35-9-13-38(49)14-10-35/h3-19,26,28,39-40,42,50-52,59H,20-25,27,29-33H2,1-2H3,(H,53,58)/t39?,40?,42-/m1/s1. The van der Waals surface area contributed by atoms with Crippen LogP contribution < -0.4 is 25.7 Å². The Hall–Kier alpha value is -4.64. The van der Waals surface area contributed by atoms with E-state index in [-0.39, 0.29) is 22.2 Å². The third kappa shape index (κ3) is 11.6. The number of rotatable bonds is 18. The number of carbonyl (C=O) groups excluding carboxylic acids is 1. The summed E-state index contributed by atoms with van der Waals surface area (Å²) >= 11 is 7.98. The molecule has 15 heteroatoms. The molecule has 5 N–H and O–H groups in total. The van der Waals surface area contributed by atoms with Gasteiger partial charge >= 0.3 is 0 Å². The van der Waals surface area contributed by atoms with Crippen LogP contribution in [0.15, 0.2) is 125 Å². The van der Waals surface area contributed by atoms with Crippen LogP contribution in [0.3, 0.4) is 0 Å². The summed E-state index contributed by atoms with van der Waals surface area (Å²) in [5, 5.41) is 17.9. The van der Waals surface area contributed by atoms with Gasteiger partial charge in [-0.25, -0.2) is 13.1 Å². The van der Waals surface area contributed by atoms with E-state index in [0.29, 0.717) is 17.8 Å². The number of halogens is 1. The van der Waals surface area contributed by atoms with E-state index < -0.39 is 15.9 Å². The molecular weight excluding hydrogens is 852 g/mol. The maximum absolute atomic E-state index is 13.5. The van der Waals surface area contributed by atoms with Crippen molar-refractivity contribution < 1.29 is 18.4 Å². The highest BCUT2D eigenvalue weighted by atomic mass is 35.5. The maximum atomic E-state index is 13.5. The van der Waals surface area contributed by atoms with E-state index >= 15 is 0 Å². The first-order chi connectivity index (χ1) is 30.5. The number of sulfonamides is 1. The smallest absolute Gasteiger partial charge is 0.264 e. The topological polar surface area (TPSA) is 133 Å². The van der Waals surface area contributed by atoms with Crippen molar-refractivity contribution in [2.45, 2.75) is 53.8 Å². The van der Waals surface area contributed by atoms with Crippen LogP contribution in [0.4, 0.5) is 17.1 Å². The molecule has 0 saturated carbocycles. The Kier molecular flexibility index (Phi) is 14.6. The first kappa shape index (κ1) is 44.9. The number of carbonyl (C=O) groups is 1. The van der Waals surface area contributed by atoms with Crippen LogP contribution in [0.25, 0.3) is 11.1 Å². The highest BCUT2D eigenvalue weighted by Crippen LogP contribution is 2.32. The average molecular weight is 910 g/mol. The molecule has 3 atom stereocenters. The minimum absolute atomic E-state index is 0.0216. The van der Waals surface area contributed by atoms with Gasteiger partial charge in [-0.1, -0.05) is 60.1 Å². The molecule has 0 aliphatic carbocycles. The van der Waals surface area contributed by atoms with Crippen LogP contribution in [0.1, 0.15) is 34.3 Å². The van der Waals surface area contributed by atoms with Gasteiger partial charge in [0.05, 0.1) is 16.3 Å². The number of nitrogens with one attached hydrogen (secondary N) is 4. The predicted octanol–water partition coefficient (Wildman–Crippen LogP) is 7.32. The van der Waals surface area contributed by atoms with Crippen LogP contribution in [0, 0.1) is 0 Å². The fourth-order valence-electron chi connectivity index (χ4n) is 8.78. The van der Waals surface area contributed by atoms with Gasteiger partial charge in [-0.2, -0.15) is 0 Å². The molecule has 3 aliphatic heterocycles. The van der Waals surface area contributed by atoms with Crippen molar-refractivity contribution in [3.05, 3.63) is 137 Å².